The molecule has 1 fully saturated rings. The summed E-state index contributed by atoms with van der Waals surface area (Å²) >= 11 is 0. The predicted octanol–water partition coefficient (Wildman–Crippen LogP) is 4.63. The number of aromatic nitrogens is 6. The molecule has 4 heterocycles. The van der Waals surface area contributed by atoms with Crippen molar-refractivity contribution in [3.8, 4) is 16.9 Å². The van der Waals surface area contributed by atoms with Gasteiger partial charge in [-0.15, -0.1) is 0 Å². The minimum Gasteiger partial charge on any atom is -0.464 e. The summed E-state index contributed by atoms with van der Waals surface area (Å²) in [5.74, 6) is -3.74. The van der Waals surface area contributed by atoms with Crippen molar-refractivity contribution in [3.05, 3.63) is 135 Å². The summed E-state index contributed by atoms with van der Waals surface area (Å²) in [7, 11) is -1.39. The molecule has 1 amide bonds. The van der Waals surface area contributed by atoms with Gasteiger partial charge in [-0.05, 0) is 73.1 Å². The predicted molar refractivity (Wildman–Crippen MR) is 218 cm³/mol. The summed E-state index contributed by atoms with van der Waals surface area (Å²) in [4.78, 5) is 69.6. The fourth-order valence-electron chi connectivity index (χ4n) is 7.00. The molecule has 1 aliphatic carbocycles. The van der Waals surface area contributed by atoms with E-state index in [-0.39, 0.29) is 48.1 Å². The minimum atomic E-state index is -4.42. The zero-order valence-corrected chi connectivity index (χ0v) is 33.8. The van der Waals surface area contributed by atoms with E-state index in [9.17, 15) is 27.6 Å². The van der Waals surface area contributed by atoms with E-state index in [0.717, 1.165) is 30.3 Å². The van der Waals surface area contributed by atoms with E-state index in [1.165, 1.54) is 73.7 Å². The topological polar surface area (TPSA) is 206 Å². The van der Waals surface area contributed by atoms with Gasteiger partial charge in [-0.1, -0.05) is 31.0 Å². The summed E-state index contributed by atoms with van der Waals surface area (Å²) in [6, 6.07) is 9.92. The Morgan fingerprint density at radius 2 is 1.66 bits per heavy atom. The number of anilines is 1. The number of sulfonamides is 1. The number of esters is 1. The summed E-state index contributed by atoms with van der Waals surface area (Å²) in [5, 5.41) is 2.72. The van der Waals surface area contributed by atoms with E-state index in [1.807, 2.05) is 4.72 Å². The highest BCUT2D eigenvalue weighted by molar-refractivity contribution is 7.92. The number of pyridine rings is 2. The smallest absolute Gasteiger partial charge is 0.337 e. The maximum Gasteiger partial charge on any atom is 0.337 e. The quantitative estimate of drug-likeness (QED) is 0.136. The summed E-state index contributed by atoms with van der Waals surface area (Å²) in [6.45, 7) is 0.352. The fraction of sp³-hybridized carbons (Fsp3) is 0.286. The third-order valence-corrected chi connectivity index (χ3v) is 11.8. The first-order chi connectivity index (χ1) is 29.3. The molecule has 16 nitrogen and oxygen atoms in total. The lowest BCUT2D eigenvalue weighted by Gasteiger charge is -2.20. The van der Waals surface area contributed by atoms with E-state index in [4.69, 9.17) is 9.47 Å². The number of halogens is 2. The van der Waals surface area contributed by atoms with Crippen LogP contribution in [0, 0.1) is 17.6 Å². The van der Waals surface area contributed by atoms with Gasteiger partial charge >= 0.3 is 11.7 Å². The van der Waals surface area contributed by atoms with Crippen LogP contribution in [0.15, 0.2) is 100 Å². The molecule has 61 heavy (non-hydrogen) atoms. The molecule has 4 aromatic heterocycles. The number of carbonyl (C=O) groups excluding carboxylic acids is 2. The molecule has 0 bridgehead atoms. The molecule has 2 N–H and O–H groups in total. The summed E-state index contributed by atoms with van der Waals surface area (Å²) in [6.07, 6.45) is 11.3. The largest absolute Gasteiger partial charge is 0.464 e. The van der Waals surface area contributed by atoms with Crippen molar-refractivity contribution in [2.75, 3.05) is 18.4 Å². The Kier molecular flexibility index (Phi) is 12.7. The van der Waals surface area contributed by atoms with Gasteiger partial charge in [0.05, 0.1) is 39.9 Å². The molecule has 1 atom stereocenters. The SMILES string of the molecule is COCc1ncc(-c2ccc(S(=O)(=O)Nc3cc(F)c(C(=O)N[C@@H](CCc4ccc(-n5c(=O)c6ccncc6n(C)c5=O)nc4)C(=O)OCC4CCCC4)cc3F)cc2)cn1. The van der Waals surface area contributed by atoms with Gasteiger partial charge in [0, 0.05) is 50.6 Å². The van der Waals surface area contributed by atoms with Crippen molar-refractivity contribution in [1.82, 2.24) is 34.4 Å². The van der Waals surface area contributed by atoms with Crippen molar-refractivity contribution in [2.24, 2.45) is 13.0 Å². The molecule has 0 aliphatic heterocycles. The average Bonchev–Trinajstić information content (AvgIpc) is 3.79. The zero-order chi connectivity index (χ0) is 43.3. The number of amides is 1. The summed E-state index contributed by atoms with van der Waals surface area (Å²) in [5.41, 5.74) is -0.593. The first-order valence-electron chi connectivity index (χ1n) is 19.2. The molecule has 316 valence electrons. The van der Waals surface area contributed by atoms with E-state index in [1.54, 1.807) is 18.5 Å². The van der Waals surface area contributed by atoms with Crippen LogP contribution in [0.5, 0.6) is 0 Å². The number of aryl methyl sites for hydroxylation is 2. The van der Waals surface area contributed by atoms with Gasteiger partial charge in [0.2, 0.25) is 0 Å². The Morgan fingerprint density at radius 1 is 0.918 bits per heavy atom. The lowest BCUT2D eigenvalue weighted by molar-refractivity contribution is -0.147. The molecule has 1 aliphatic rings. The highest BCUT2D eigenvalue weighted by atomic mass is 32.2. The van der Waals surface area contributed by atoms with Crippen LogP contribution in [-0.4, -0.2) is 69.1 Å². The number of fused-ring (bicyclic) bond motifs is 1. The maximum atomic E-state index is 15.5. The van der Waals surface area contributed by atoms with Crippen LogP contribution in [0.3, 0.4) is 0 Å². The van der Waals surface area contributed by atoms with Crippen LogP contribution < -0.4 is 21.3 Å². The number of rotatable bonds is 15. The second kappa shape index (κ2) is 18.3. The second-order valence-electron chi connectivity index (χ2n) is 14.5. The Balaban J connectivity index is 1.05. The van der Waals surface area contributed by atoms with Gasteiger partial charge in [-0.2, -0.15) is 0 Å². The minimum absolute atomic E-state index is 0.0477. The molecular formula is C42H40F2N8O8S. The monoisotopic (exact) mass is 854 g/mol. The first-order valence-corrected chi connectivity index (χ1v) is 20.7. The number of carbonyl (C=O) groups is 2. The molecule has 1 saturated carbocycles. The third kappa shape index (κ3) is 9.52. The highest BCUT2D eigenvalue weighted by Gasteiger charge is 2.28. The van der Waals surface area contributed by atoms with Gasteiger partial charge in [0.15, 0.2) is 5.82 Å². The number of methoxy groups -OCH3 is 1. The number of nitrogens with zero attached hydrogens (tertiary/aromatic N) is 6. The maximum absolute atomic E-state index is 15.5. The molecular weight excluding hydrogens is 815 g/mol. The van der Waals surface area contributed by atoms with Gasteiger partial charge in [-0.25, -0.2) is 46.3 Å². The van der Waals surface area contributed by atoms with Gasteiger partial charge in [-0.3, -0.25) is 23.9 Å². The number of benzene rings is 2. The second-order valence-corrected chi connectivity index (χ2v) is 16.2. The Bertz CT molecular complexity index is 2810. The lowest BCUT2D eigenvalue weighted by atomic mass is 10.1. The van der Waals surface area contributed by atoms with E-state index in [2.05, 4.69) is 25.3 Å². The lowest BCUT2D eigenvalue weighted by Crippen LogP contribution is -2.43. The van der Waals surface area contributed by atoms with Crippen LogP contribution in [-0.2, 0) is 44.4 Å². The average molecular weight is 855 g/mol. The normalized spacial score (nSPS) is 13.6. The Morgan fingerprint density at radius 3 is 2.34 bits per heavy atom. The van der Waals surface area contributed by atoms with Crippen molar-refractivity contribution < 1.29 is 36.3 Å². The third-order valence-electron chi connectivity index (χ3n) is 10.4. The Labute approximate surface area is 347 Å². The molecule has 6 aromatic rings. The van der Waals surface area contributed by atoms with Gasteiger partial charge < -0.3 is 14.8 Å². The van der Waals surface area contributed by atoms with Gasteiger partial charge in [0.1, 0.15) is 30.1 Å². The van der Waals surface area contributed by atoms with Crippen molar-refractivity contribution in [3.63, 3.8) is 0 Å². The van der Waals surface area contributed by atoms with Crippen molar-refractivity contribution in [1.29, 1.82) is 0 Å². The fourth-order valence-corrected chi connectivity index (χ4v) is 8.06. The van der Waals surface area contributed by atoms with E-state index >= 15 is 8.78 Å². The van der Waals surface area contributed by atoms with Gasteiger partial charge in [0.25, 0.3) is 21.5 Å². The number of hydrogen-bond donors (Lipinski definition) is 2. The molecule has 0 saturated heterocycles. The van der Waals surface area contributed by atoms with E-state index in [0.29, 0.717) is 40.2 Å². The van der Waals surface area contributed by atoms with Crippen LogP contribution in [0.4, 0.5) is 14.5 Å². The van der Waals surface area contributed by atoms with Crippen LogP contribution in [0.1, 0.15) is 53.8 Å². The van der Waals surface area contributed by atoms with Crippen LogP contribution >= 0.6 is 0 Å². The van der Waals surface area contributed by atoms with Crippen LogP contribution in [0.2, 0.25) is 0 Å². The summed E-state index contributed by atoms with van der Waals surface area (Å²) < 4.78 is 72.2. The number of nitrogens with one attached hydrogen (secondary N) is 2. The molecule has 0 unspecified atom stereocenters. The highest BCUT2D eigenvalue weighted by Crippen LogP contribution is 2.27. The van der Waals surface area contributed by atoms with Crippen molar-refractivity contribution in [2.45, 2.75) is 56.1 Å². The molecule has 2 aromatic carbocycles. The zero-order valence-electron chi connectivity index (χ0n) is 33.0. The van der Waals surface area contributed by atoms with Crippen molar-refractivity contribution >= 4 is 38.5 Å². The Hall–Kier alpha value is -6.73. The van der Waals surface area contributed by atoms with E-state index < -0.39 is 62.1 Å². The number of hydrogen-bond acceptors (Lipinski definition) is 12. The number of ether oxygens (including phenoxy) is 2. The first kappa shape index (κ1) is 42.4. The molecule has 7 rings (SSSR count). The van der Waals surface area contributed by atoms with Crippen LogP contribution in [0.25, 0.3) is 27.8 Å². The standard InChI is InChI=1S/C42H40F2N8O8S/c1-51-36-22-45-16-15-30(36)40(54)52(42(51)56)38-14-8-25(19-48-38)7-13-34(41(55)60-23-26-5-3-4-6-26)49-39(53)31-17-33(44)35(18-32(31)43)50-61(57,58)29-11-9-27(10-12-29)28-20-46-37(24-59-2)47-21-28/h8-12,14-22,26,34,50H,3-7,13,23-24H2,1-2H3,(H,49,53)/t34-/m0/s1. The molecule has 0 spiro atoms. The molecule has 19 heteroatoms. The molecule has 0 radical (unpaired) electrons.